The molecule has 0 unspecified atom stereocenters. The van der Waals surface area contributed by atoms with E-state index < -0.39 is 0 Å². The van der Waals surface area contributed by atoms with Crippen LogP contribution in [0.4, 0.5) is 0 Å². The Hall–Kier alpha value is -2.33. The number of rotatable bonds is 4. The van der Waals surface area contributed by atoms with Crippen LogP contribution >= 0.6 is 11.8 Å². The molecule has 1 N–H and O–H groups in total. The zero-order valence-corrected chi connectivity index (χ0v) is 14.0. The minimum atomic E-state index is -0.102. The summed E-state index contributed by atoms with van der Waals surface area (Å²) in [7, 11) is 0. The van der Waals surface area contributed by atoms with Crippen molar-refractivity contribution in [3.63, 3.8) is 0 Å². The quantitative estimate of drug-likeness (QED) is 0.574. The Kier molecular flexibility index (Phi) is 4.63. The van der Waals surface area contributed by atoms with E-state index in [1.807, 2.05) is 13.0 Å². The molecule has 0 saturated carbocycles. The first-order valence-electron chi connectivity index (χ1n) is 7.48. The molecule has 0 bridgehead atoms. The van der Waals surface area contributed by atoms with Crippen LogP contribution in [-0.4, -0.2) is 9.97 Å². The van der Waals surface area contributed by atoms with Gasteiger partial charge in [0.05, 0.1) is 0 Å². The van der Waals surface area contributed by atoms with Crippen molar-refractivity contribution in [1.82, 2.24) is 9.97 Å². The van der Waals surface area contributed by atoms with Crippen LogP contribution in [0.2, 0.25) is 0 Å². The van der Waals surface area contributed by atoms with Gasteiger partial charge in [-0.2, -0.15) is 0 Å². The predicted octanol–water partition coefficient (Wildman–Crippen LogP) is 4.35. The molecule has 0 aliphatic heterocycles. The highest BCUT2D eigenvalue weighted by Crippen LogP contribution is 2.28. The lowest BCUT2D eigenvalue weighted by Gasteiger charge is -2.11. The van der Waals surface area contributed by atoms with Crippen LogP contribution in [0.25, 0.3) is 11.1 Å². The molecule has 0 amide bonds. The van der Waals surface area contributed by atoms with Gasteiger partial charge in [0.1, 0.15) is 0 Å². The minimum Gasteiger partial charge on any atom is -0.301 e. The number of nitrogens with zero attached hydrogens (tertiary/aromatic N) is 1. The number of H-pyrrole nitrogens is 1. The monoisotopic (exact) mass is 322 g/mol. The summed E-state index contributed by atoms with van der Waals surface area (Å²) in [5.74, 6) is 0.777. The normalized spacial score (nSPS) is 10.7. The van der Waals surface area contributed by atoms with Gasteiger partial charge in [0.15, 0.2) is 5.16 Å². The summed E-state index contributed by atoms with van der Waals surface area (Å²) >= 11 is 1.55. The van der Waals surface area contributed by atoms with Crippen molar-refractivity contribution in [3.05, 3.63) is 81.8 Å². The van der Waals surface area contributed by atoms with Crippen LogP contribution in [0.1, 0.15) is 16.8 Å². The number of aromatic nitrogens is 2. The zero-order chi connectivity index (χ0) is 16.2. The van der Waals surface area contributed by atoms with Gasteiger partial charge in [-0.05, 0) is 36.1 Å². The molecule has 0 aliphatic carbocycles. The molecule has 0 aliphatic rings. The van der Waals surface area contributed by atoms with Crippen LogP contribution in [0, 0.1) is 13.8 Å². The summed E-state index contributed by atoms with van der Waals surface area (Å²) in [6.07, 6.45) is 0. The molecule has 2 aromatic carbocycles. The van der Waals surface area contributed by atoms with Crippen molar-refractivity contribution in [3.8, 4) is 11.1 Å². The molecule has 0 saturated heterocycles. The Morgan fingerprint density at radius 1 is 1.04 bits per heavy atom. The van der Waals surface area contributed by atoms with E-state index in [1.165, 1.54) is 28.3 Å². The van der Waals surface area contributed by atoms with Crippen molar-refractivity contribution >= 4 is 11.8 Å². The van der Waals surface area contributed by atoms with Crippen LogP contribution in [0.5, 0.6) is 0 Å². The van der Waals surface area contributed by atoms with Crippen molar-refractivity contribution in [2.24, 2.45) is 0 Å². The second-order valence-corrected chi connectivity index (χ2v) is 6.40. The summed E-state index contributed by atoms with van der Waals surface area (Å²) in [6, 6.07) is 18.2. The molecule has 0 radical (unpaired) electrons. The maximum atomic E-state index is 11.5. The van der Waals surface area contributed by atoms with Gasteiger partial charge in [0.2, 0.25) is 0 Å². The summed E-state index contributed by atoms with van der Waals surface area (Å²) < 4.78 is 0. The average molecular weight is 322 g/mol. The highest BCUT2D eigenvalue weighted by atomic mass is 32.2. The van der Waals surface area contributed by atoms with E-state index in [0.29, 0.717) is 5.16 Å². The molecule has 23 heavy (non-hydrogen) atoms. The Morgan fingerprint density at radius 2 is 1.83 bits per heavy atom. The fourth-order valence-corrected chi connectivity index (χ4v) is 3.52. The van der Waals surface area contributed by atoms with Gasteiger partial charge in [-0.3, -0.25) is 4.79 Å². The Bertz CT molecular complexity index is 872. The second kappa shape index (κ2) is 6.84. The van der Waals surface area contributed by atoms with Gasteiger partial charge in [0.25, 0.3) is 5.56 Å². The van der Waals surface area contributed by atoms with Gasteiger partial charge in [-0.1, -0.05) is 60.3 Å². The number of aromatic amines is 1. The second-order valence-electron chi connectivity index (χ2n) is 5.44. The first-order valence-corrected chi connectivity index (χ1v) is 8.47. The first kappa shape index (κ1) is 15.6. The molecule has 3 aromatic rings. The lowest BCUT2D eigenvalue weighted by Crippen LogP contribution is -2.08. The molecule has 1 aromatic heterocycles. The van der Waals surface area contributed by atoms with Crippen LogP contribution in [0.15, 0.2) is 64.5 Å². The van der Waals surface area contributed by atoms with Gasteiger partial charge >= 0.3 is 0 Å². The largest absolute Gasteiger partial charge is 0.301 e. The summed E-state index contributed by atoms with van der Waals surface area (Å²) in [5.41, 5.74) is 5.62. The smallest absolute Gasteiger partial charge is 0.251 e. The Morgan fingerprint density at radius 3 is 2.57 bits per heavy atom. The Balaban J connectivity index is 1.85. The third-order valence-electron chi connectivity index (χ3n) is 3.74. The van der Waals surface area contributed by atoms with E-state index in [-0.39, 0.29) is 5.56 Å². The SMILES string of the molecule is Cc1cc(=O)[nH]c(SCc2cccc(-c3ccccc3)c2C)n1. The number of hydrogen-bond acceptors (Lipinski definition) is 3. The van der Waals surface area contributed by atoms with Gasteiger partial charge in [0, 0.05) is 17.5 Å². The fraction of sp³-hybridized carbons (Fsp3) is 0.158. The van der Waals surface area contributed by atoms with Crippen LogP contribution in [0.3, 0.4) is 0 Å². The molecule has 0 atom stereocenters. The fourth-order valence-electron chi connectivity index (χ4n) is 2.54. The predicted molar refractivity (Wildman–Crippen MR) is 95.8 cm³/mol. The minimum absolute atomic E-state index is 0.102. The molecule has 3 rings (SSSR count). The third-order valence-corrected chi connectivity index (χ3v) is 4.67. The molecule has 3 nitrogen and oxygen atoms in total. The highest BCUT2D eigenvalue weighted by Gasteiger charge is 2.07. The molecule has 4 heteroatoms. The summed E-state index contributed by atoms with van der Waals surface area (Å²) in [4.78, 5) is 18.7. The van der Waals surface area contributed by atoms with Crippen molar-refractivity contribution in [2.45, 2.75) is 24.8 Å². The van der Waals surface area contributed by atoms with E-state index in [2.05, 4.69) is 59.4 Å². The maximum Gasteiger partial charge on any atom is 0.251 e. The highest BCUT2D eigenvalue weighted by molar-refractivity contribution is 7.98. The Labute approximate surface area is 139 Å². The van der Waals surface area contributed by atoms with E-state index in [9.17, 15) is 4.79 Å². The number of aryl methyl sites for hydroxylation is 1. The lowest BCUT2D eigenvalue weighted by atomic mass is 9.97. The third kappa shape index (κ3) is 3.71. The van der Waals surface area contributed by atoms with Gasteiger partial charge in [-0.25, -0.2) is 4.98 Å². The summed E-state index contributed by atoms with van der Waals surface area (Å²) in [6.45, 7) is 3.98. The van der Waals surface area contributed by atoms with E-state index in [4.69, 9.17) is 0 Å². The lowest BCUT2D eigenvalue weighted by molar-refractivity contribution is 0.905. The van der Waals surface area contributed by atoms with Gasteiger partial charge < -0.3 is 4.98 Å². The summed E-state index contributed by atoms with van der Waals surface area (Å²) in [5, 5.41) is 0.666. The number of benzene rings is 2. The molecular weight excluding hydrogens is 304 g/mol. The molecular formula is C19H18N2OS. The van der Waals surface area contributed by atoms with E-state index >= 15 is 0 Å². The average Bonchev–Trinajstić information content (AvgIpc) is 2.54. The molecule has 0 fully saturated rings. The molecule has 1 heterocycles. The standard InChI is InChI=1S/C19H18N2OS/c1-13-11-18(22)21-19(20-13)23-12-16-9-6-10-17(14(16)2)15-7-4-3-5-8-15/h3-11H,12H2,1-2H3,(H,20,21,22). The first-order chi connectivity index (χ1) is 11.1. The number of hydrogen-bond donors (Lipinski definition) is 1. The van der Waals surface area contributed by atoms with Crippen LogP contribution < -0.4 is 5.56 Å². The van der Waals surface area contributed by atoms with Crippen molar-refractivity contribution in [2.75, 3.05) is 0 Å². The van der Waals surface area contributed by atoms with Gasteiger partial charge in [-0.15, -0.1) is 0 Å². The molecule has 116 valence electrons. The zero-order valence-electron chi connectivity index (χ0n) is 13.2. The maximum absolute atomic E-state index is 11.5. The molecule has 0 spiro atoms. The van der Waals surface area contributed by atoms with Crippen LogP contribution in [-0.2, 0) is 5.75 Å². The van der Waals surface area contributed by atoms with E-state index in [1.54, 1.807) is 11.8 Å². The van der Waals surface area contributed by atoms with E-state index in [0.717, 1.165) is 11.4 Å². The number of nitrogens with one attached hydrogen (secondary N) is 1. The number of thioether (sulfide) groups is 1. The van der Waals surface area contributed by atoms with Crippen molar-refractivity contribution < 1.29 is 0 Å². The van der Waals surface area contributed by atoms with Crippen molar-refractivity contribution in [1.29, 1.82) is 0 Å². The topological polar surface area (TPSA) is 45.8 Å².